The van der Waals surface area contributed by atoms with Gasteiger partial charge in [0.05, 0.1) is 6.61 Å². The van der Waals surface area contributed by atoms with E-state index in [1.54, 1.807) is 13.4 Å². The van der Waals surface area contributed by atoms with Crippen LogP contribution in [0.5, 0.6) is 0 Å². The number of aromatic nitrogens is 5. The van der Waals surface area contributed by atoms with Crippen LogP contribution >= 0.6 is 0 Å². The van der Waals surface area contributed by atoms with Gasteiger partial charge >= 0.3 is 0 Å². The van der Waals surface area contributed by atoms with Gasteiger partial charge in [0.1, 0.15) is 12.2 Å². The summed E-state index contributed by atoms with van der Waals surface area (Å²) < 4.78 is 5.10. The second-order valence-electron chi connectivity index (χ2n) is 7.87. The Morgan fingerprint density at radius 1 is 1.07 bits per heavy atom. The number of aryl methyl sites for hydroxylation is 1. The number of hydrogen-bond donors (Lipinski definition) is 0. The molecule has 1 fully saturated rings. The Labute approximate surface area is 177 Å². The summed E-state index contributed by atoms with van der Waals surface area (Å²) in [7, 11) is 1.70. The first-order valence-electron chi connectivity index (χ1n) is 10.5. The maximum Gasteiger partial charge on any atom is 0.130 e. The Morgan fingerprint density at radius 3 is 2.63 bits per heavy atom. The zero-order valence-corrected chi connectivity index (χ0v) is 17.7. The van der Waals surface area contributed by atoms with Crippen molar-refractivity contribution in [1.29, 1.82) is 0 Å². The fourth-order valence-electron chi connectivity index (χ4n) is 4.00. The third-order valence-electron chi connectivity index (χ3n) is 5.49. The van der Waals surface area contributed by atoms with E-state index in [0.29, 0.717) is 12.5 Å². The smallest absolute Gasteiger partial charge is 0.130 e. The molecule has 1 unspecified atom stereocenters. The molecule has 0 aromatic carbocycles. The lowest BCUT2D eigenvalue weighted by molar-refractivity contribution is 0.197. The van der Waals surface area contributed by atoms with Crippen molar-refractivity contribution in [3.63, 3.8) is 0 Å². The van der Waals surface area contributed by atoms with Crippen LogP contribution in [0, 0.1) is 6.92 Å². The lowest BCUT2D eigenvalue weighted by atomic mass is 9.92. The normalized spacial score (nSPS) is 17.2. The van der Waals surface area contributed by atoms with Gasteiger partial charge in [0, 0.05) is 79.8 Å². The van der Waals surface area contributed by atoms with E-state index in [9.17, 15) is 0 Å². The van der Waals surface area contributed by atoms with E-state index >= 15 is 0 Å². The van der Waals surface area contributed by atoms with Crippen LogP contribution in [0.1, 0.15) is 41.5 Å². The zero-order valence-electron chi connectivity index (χ0n) is 17.7. The van der Waals surface area contributed by atoms with Crippen LogP contribution in [0.15, 0.2) is 43.2 Å². The standard InChI is InChI=1S/C23H28N6O/c1-17-8-20(21-12-24-16-25-13-21)9-22(28-17)19-4-3-6-29(15-19)14-18-10-26-23(27-11-18)5-7-30-2/h8-13,16,19H,3-7,14-15H2,1-2H3. The van der Waals surface area contributed by atoms with Crippen LogP contribution in [0.4, 0.5) is 0 Å². The van der Waals surface area contributed by atoms with E-state index in [4.69, 9.17) is 9.72 Å². The number of rotatable bonds is 7. The molecular formula is C23H28N6O. The molecule has 1 atom stereocenters. The molecule has 1 saturated heterocycles. The molecule has 1 aliphatic rings. The first kappa shape index (κ1) is 20.5. The average Bonchev–Trinajstić information content (AvgIpc) is 2.79. The van der Waals surface area contributed by atoms with Gasteiger partial charge in [-0.3, -0.25) is 9.88 Å². The van der Waals surface area contributed by atoms with Crippen molar-refractivity contribution in [2.24, 2.45) is 0 Å². The Morgan fingerprint density at radius 2 is 1.87 bits per heavy atom. The van der Waals surface area contributed by atoms with Crippen LogP contribution in [-0.2, 0) is 17.7 Å². The van der Waals surface area contributed by atoms with Crippen LogP contribution < -0.4 is 0 Å². The van der Waals surface area contributed by atoms with Gasteiger partial charge in [-0.1, -0.05) is 0 Å². The summed E-state index contributed by atoms with van der Waals surface area (Å²) in [6.07, 6.45) is 12.2. The number of nitrogens with zero attached hydrogens (tertiary/aromatic N) is 6. The first-order chi connectivity index (χ1) is 14.7. The molecule has 0 spiro atoms. The van der Waals surface area contributed by atoms with Gasteiger partial charge in [-0.2, -0.15) is 0 Å². The molecule has 3 aromatic heterocycles. The minimum Gasteiger partial charge on any atom is -0.384 e. The fraction of sp³-hybridized carbons (Fsp3) is 0.435. The molecule has 1 aliphatic heterocycles. The maximum absolute atomic E-state index is 5.10. The Hall–Kier alpha value is -2.77. The number of hydrogen-bond acceptors (Lipinski definition) is 7. The van der Waals surface area contributed by atoms with Crippen molar-refractivity contribution >= 4 is 0 Å². The van der Waals surface area contributed by atoms with Gasteiger partial charge in [-0.15, -0.1) is 0 Å². The van der Waals surface area contributed by atoms with Crippen molar-refractivity contribution < 1.29 is 4.74 Å². The van der Waals surface area contributed by atoms with Gasteiger partial charge in [-0.25, -0.2) is 19.9 Å². The predicted molar refractivity (Wildman–Crippen MR) is 115 cm³/mol. The topological polar surface area (TPSA) is 76.9 Å². The molecule has 4 rings (SSSR count). The Balaban J connectivity index is 1.44. The van der Waals surface area contributed by atoms with Crippen LogP contribution in [0.2, 0.25) is 0 Å². The molecule has 0 aliphatic carbocycles. The highest BCUT2D eigenvalue weighted by Gasteiger charge is 2.23. The van der Waals surface area contributed by atoms with Crippen molar-refractivity contribution in [3.05, 3.63) is 66.0 Å². The lowest BCUT2D eigenvalue weighted by Gasteiger charge is -2.32. The predicted octanol–water partition coefficient (Wildman–Crippen LogP) is 3.21. The Kier molecular flexibility index (Phi) is 6.71. The van der Waals surface area contributed by atoms with Crippen LogP contribution in [0.25, 0.3) is 11.1 Å². The van der Waals surface area contributed by atoms with E-state index in [1.165, 1.54) is 0 Å². The van der Waals surface area contributed by atoms with E-state index in [2.05, 4.69) is 43.9 Å². The molecule has 0 N–H and O–H groups in total. The van der Waals surface area contributed by atoms with Crippen molar-refractivity contribution in [2.75, 3.05) is 26.8 Å². The summed E-state index contributed by atoms with van der Waals surface area (Å²) >= 11 is 0. The largest absolute Gasteiger partial charge is 0.384 e. The molecule has 0 saturated carbocycles. The van der Waals surface area contributed by atoms with Gasteiger partial charge in [0.15, 0.2) is 0 Å². The summed E-state index contributed by atoms with van der Waals surface area (Å²) in [5.74, 6) is 1.25. The number of ether oxygens (including phenoxy) is 1. The molecule has 0 bridgehead atoms. The monoisotopic (exact) mass is 404 g/mol. The zero-order chi connectivity index (χ0) is 20.8. The van der Waals surface area contributed by atoms with E-state index in [-0.39, 0.29) is 0 Å². The third-order valence-corrected chi connectivity index (χ3v) is 5.49. The van der Waals surface area contributed by atoms with Crippen molar-refractivity contribution in [2.45, 2.75) is 38.6 Å². The molecular weight excluding hydrogens is 376 g/mol. The highest BCUT2D eigenvalue weighted by atomic mass is 16.5. The SMILES string of the molecule is COCCc1ncc(CN2CCCC(c3cc(-c4cncnc4)cc(C)n3)C2)cn1. The minimum atomic E-state index is 0.420. The van der Waals surface area contributed by atoms with Crippen LogP contribution in [0.3, 0.4) is 0 Å². The molecule has 7 nitrogen and oxygen atoms in total. The summed E-state index contributed by atoms with van der Waals surface area (Å²) in [5, 5.41) is 0. The van der Waals surface area contributed by atoms with E-state index in [0.717, 1.165) is 72.8 Å². The summed E-state index contributed by atoms with van der Waals surface area (Å²) in [4.78, 5) is 24.6. The number of likely N-dealkylation sites (tertiary alicyclic amines) is 1. The number of piperidine rings is 1. The molecule has 4 heterocycles. The number of pyridine rings is 1. The van der Waals surface area contributed by atoms with Crippen molar-refractivity contribution in [3.8, 4) is 11.1 Å². The summed E-state index contributed by atoms with van der Waals surface area (Å²) in [6, 6.07) is 4.30. The van der Waals surface area contributed by atoms with Gasteiger partial charge in [0.25, 0.3) is 0 Å². The second-order valence-corrected chi connectivity index (χ2v) is 7.87. The van der Waals surface area contributed by atoms with Gasteiger partial charge in [-0.05, 0) is 44.0 Å². The third kappa shape index (κ3) is 5.23. The molecule has 7 heteroatoms. The second kappa shape index (κ2) is 9.82. The quantitative estimate of drug-likeness (QED) is 0.598. The summed E-state index contributed by atoms with van der Waals surface area (Å²) in [5.41, 5.74) is 5.50. The molecule has 156 valence electrons. The highest BCUT2D eigenvalue weighted by Crippen LogP contribution is 2.29. The van der Waals surface area contributed by atoms with E-state index < -0.39 is 0 Å². The minimum absolute atomic E-state index is 0.420. The summed E-state index contributed by atoms with van der Waals surface area (Å²) in [6.45, 7) is 5.65. The van der Waals surface area contributed by atoms with Crippen molar-refractivity contribution in [1.82, 2.24) is 29.8 Å². The lowest BCUT2D eigenvalue weighted by Crippen LogP contribution is -2.34. The highest BCUT2D eigenvalue weighted by molar-refractivity contribution is 5.62. The molecule has 0 amide bonds. The van der Waals surface area contributed by atoms with E-state index in [1.807, 2.05) is 24.8 Å². The molecule has 30 heavy (non-hydrogen) atoms. The van der Waals surface area contributed by atoms with Gasteiger partial charge in [0.2, 0.25) is 0 Å². The maximum atomic E-state index is 5.10. The molecule has 0 radical (unpaired) electrons. The molecule has 3 aromatic rings. The first-order valence-corrected chi connectivity index (χ1v) is 10.5. The van der Waals surface area contributed by atoms with Gasteiger partial charge < -0.3 is 4.74 Å². The Bertz CT molecular complexity index is 948. The number of methoxy groups -OCH3 is 1. The van der Waals surface area contributed by atoms with Crippen LogP contribution in [-0.4, -0.2) is 56.6 Å². The fourth-order valence-corrected chi connectivity index (χ4v) is 4.00. The average molecular weight is 405 g/mol.